The Morgan fingerprint density at radius 2 is 1.66 bits per heavy atom. The molecule has 7 heteroatoms. The summed E-state index contributed by atoms with van der Waals surface area (Å²) < 4.78 is 0. The van der Waals surface area contributed by atoms with Crippen LogP contribution in [0.4, 0.5) is 11.4 Å². The van der Waals surface area contributed by atoms with E-state index < -0.39 is 5.91 Å². The summed E-state index contributed by atoms with van der Waals surface area (Å²) >= 11 is 6.23. The van der Waals surface area contributed by atoms with Gasteiger partial charge in [-0.25, -0.2) is 0 Å². The first-order chi connectivity index (χ1) is 15.3. The van der Waals surface area contributed by atoms with Gasteiger partial charge in [0.1, 0.15) is 10.7 Å². The van der Waals surface area contributed by atoms with Crippen LogP contribution in [0.1, 0.15) is 53.6 Å². The molecule has 0 bridgehead atoms. The third-order valence-electron chi connectivity index (χ3n) is 6.05. The fourth-order valence-corrected chi connectivity index (χ4v) is 4.52. The molecular formula is C25H26ClN3O3. The molecule has 2 N–H and O–H groups in total. The summed E-state index contributed by atoms with van der Waals surface area (Å²) in [6, 6.07) is 12.5. The van der Waals surface area contributed by atoms with Crippen molar-refractivity contribution in [2.45, 2.75) is 52.0 Å². The van der Waals surface area contributed by atoms with E-state index in [4.69, 9.17) is 11.6 Å². The van der Waals surface area contributed by atoms with Crippen LogP contribution in [0, 0.1) is 13.8 Å². The Labute approximate surface area is 192 Å². The van der Waals surface area contributed by atoms with Crippen LogP contribution in [0.25, 0.3) is 0 Å². The number of carbonyl (C=O) groups excluding carboxylic acids is 3. The Bertz CT molecular complexity index is 1100. The zero-order valence-electron chi connectivity index (χ0n) is 18.2. The van der Waals surface area contributed by atoms with E-state index in [1.807, 2.05) is 32.0 Å². The van der Waals surface area contributed by atoms with Crippen LogP contribution in [0.3, 0.4) is 0 Å². The lowest BCUT2D eigenvalue weighted by Gasteiger charge is -2.29. The summed E-state index contributed by atoms with van der Waals surface area (Å²) in [5, 5.41) is 5.80. The SMILES string of the molecule is Cc1ccc(NC(=O)c2ccc(NC3=C(Cl)C(=O)N(C4CCCCC4)C3=O)cc2)c(C)c1. The molecule has 166 valence electrons. The summed E-state index contributed by atoms with van der Waals surface area (Å²) in [6.07, 6.45) is 4.78. The molecule has 1 aliphatic heterocycles. The van der Waals surface area contributed by atoms with Gasteiger partial charge in [-0.15, -0.1) is 0 Å². The first-order valence-electron chi connectivity index (χ1n) is 10.9. The summed E-state index contributed by atoms with van der Waals surface area (Å²) in [7, 11) is 0. The van der Waals surface area contributed by atoms with Crippen LogP contribution in [0.15, 0.2) is 53.2 Å². The van der Waals surface area contributed by atoms with E-state index in [-0.39, 0.29) is 28.6 Å². The fourth-order valence-electron chi connectivity index (χ4n) is 4.30. The number of nitrogens with zero attached hydrogens (tertiary/aromatic N) is 1. The number of aryl methyl sites for hydroxylation is 2. The van der Waals surface area contributed by atoms with Crippen LogP contribution < -0.4 is 10.6 Å². The normalized spacial score (nSPS) is 17.2. The van der Waals surface area contributed by atoms with Crippen molar-refractivity contribution in [3.8, 4) is 0 Å². The quantitative estimate of drug-likeness (QED) is 0.618. The number of anilines is 2. The predicted octanol–water partition coefficient (Wildman–Crippen LogP) is 5.12. The fraction of sp³-hybridized carbons (Fsp3) is 0.320. The molecule has 2 aromatic carbocycles. The van der Waals surface area contributed by atoms with Gasteiger partial charge in [0.25, 0.3) is 17.7 Å². The van der Waals surface area contributed by atoms with Crippen molar-refractivity contribution in [2.75, 3.05) is 10.6 Å². The topological polar surface area (TPSA) is 78.5 Å². The van der Waals surface area contributed by atoms with E-state index in [1.165, 1.54) is 4.90 Å². The molecule has 1 heterocycles. The molecule has 1 aliphatic carbocycles. The Kier molecular flexibility index (Phi) is 6.33. The number of imide groups is 1. The molecule has 2 aromatic rings. The average molecular weight is 452 g/mol. The van der Waals surface area contributed by atoms with Crippen LogP contribution in [-0.4, -0.2) is 28.7 Å². The molecule has 0 atom stereocenters. The molecule has 0 radical (unpaired) electrons. The van der Waals surface area contributed by atoms with Gasteiger partial charge < -0.3 is 10.6 Å². The van der Waals surface area contributed by atoms with Crippen molar-refractivity contribution in [1.29, 1.82) is 0 Å². The number of rotatable bonds is 5. The Morgan fingerprint density at radius 1 is 0.969 bits per heavy atom. The van der Waals surface area contributed by atoms with E-state index in [1.54, 1.807) is 24.3 Å². The van der Waals surface area contributed by atoms with Crippen molar-refractivity contribution in [2.24, 2.45) is 0 Å². The van der Waals surface area contributed by atoms with Gasteiger partial charge in [-0.2, -0.15) is 0 Å². The van der Waals surface area contributed by atoms with Crippen LogP contribution in [0.2, 0.25) is 0 Å². The molecule has 0 spiro atoms. The molecule has 3 amide bonds. The number of amides is 3. The van der Waals surface area contributed by atoms with Gasteiger partial charge in [-0.3, -0.25) is 19.3 Å². The third-order valence-corrected chi connectivity index (χ3v) is 6.40. The summed E-state index contributed by atoms with van der Waals surface area (Å²) in [5.74, 6) is -1.05. The van der Waals surface area contributed by atoms with Crippen LogP contribution in [-0.2, 0) is 9.59 Å². The lowest BCUT2D eigenvalue weighted by Crippen LogP contribution is -2.42. The van der Waals surface area contributed by atoms with Crippen LogP contribution in [0.5, 0.6) is 0 Å². The second kappa shape index (κ2) is 9.17. The number of hydrogen-bond acceptors (Lipinski definition) is 4. The Hall–Kier alpha value is -3.12. The third kappa shape index (κ3) is 4.41. The van der Waals surface area contributed by atoms with Gasteiger partial charge in [-0.05, 0) is 62.6 Å². The Balaban J connectivity index is 1.44. The highest BCUT2D eigenvalue weighted by atomic mass is 35.5. The minimum atomic E-state index is -0.435. The van der Waals surface area contributed by atoms with Gasteiger partial charge in [-0.1, -0.05) is 48.6 Å². The minimum Gasteiger partial charge on any atom is -0.350 e. The molecule has 1 saturated carbocycles. The zero-order valence-corrected chi connectivity index (χ0v) is 19.0. The number of carbonyl (C=O) groups is 3. The predicted molar refractivity (Wildman–Crippen MR) is 126 cm³/mol. The van der Waals surface area contributed by atoms with Gasteiger partial charge >= 0.3 is 0 Å². The number of hydrogen-bond donors (Lipinski definition) is 2. The van der Waals surface area contributed by atoms with Gasteiger partial charge in [0.2, 0.25) is 0 Å². The molecule has 0 saturated heterocycles. The Morgan fingerprint density at radius 3 is 2.31 bits per heavy atom. The van der Waals surface area contributed by atoms with Crippen LogP contribution >= 0.6 is 11.6 Å². The molecular weight excluding hydrogens is 426 g/mol. The molecule has 4 rings (SSSR count). The first kappa shape index (κ1) is 22.1. The smallest absolute Gasteiger partial charge is 0.279 e. The van der Waals surface area contributed by atoms with E-state index in [0.717, 1.165) is 48.9 Å². The molecule has 0 unspecified atom stereocenters. The molecule has 32 heavy (non-hydrogen) atoms. The number of halogens is 1. The van der Waals surface area contributed by atoms with E-state index in [0.29, 0.717) is 11.3 Å². The molecule has 6 nitrogen and oxygen atoms in total. The average Bonchev–Trinajstić information content (AvgIpc) is 3.00. The molecule has 0 aromatic heterocycles. The standard InChI is InChI=1S/C25H26ClN3O3/c1-15-8-13-20(16(2)14-15)28-23(30)17-9-11-18(12-10-17)27-22-21(26)24(31)29(25(22)32)19-6-4-3-5-7-19/h8-14,19,27H,3-7H2,1-2H3,(H,28,30). The second-order valence-electron chi connectivity index (χ2n) is 8.44. The van der Waals surface area contributed by atoms with Crippen molar-refractivity contribution < 1.29 is 14.4 Å². The van der Waals surface area contributed by atoms with E-state index >= 15 is 0 Å². The minimum absolute atomic E-state index is 0.0859. The number of nitrogens with one attached hydrogen (secondary N) is 2. The first-order valence-corrected chi connectivity index (χ1v) is 11.3. The van der Waals surface area contributed by atoms with Gasteiger partial charge in [0, 0.05) is 23.0 Å². The lowest BCUT2D eigenvalue weighted by molar-refractivity contribution is -0.140. The van der Waals surface area contributed by atoms with Crippen molar-refractivity contribution in [1.82, 2.24) is 4.90 Å². The molecule has 2 aliphatic rings. The van der Waals surface area contributed by atoms with Crippen molar-refractivity contribution in [3.05, 3.63) is 69.9 Å². The monoisotopic (exact) mass is 451 g/mol. The lowest BCUT2D eigenvalue weighted by atomic mass is 9.94. The van der Waals surface area contributed by atoms with E-state index in [9.17, 15) is 14.4 Å². The van der Waals surface area contributed by atoms with E-state index in [2.05, 4.69) is 10.6 Å². The van der Waals surface area contributed by atoms with Crippen molar-refractivity contribution >= 4 is 40.7 Å². The van der Waals surface area contributed by atoms with Crippen molar-refractivity contribution in [3.63, 3.8) is 0 Å². The second-order valence-corrected chi connectivity index (χ2v) is 8.81. The summed E-state index contributed by atoms with van der Waals surface area (Å²) in [6.45, 7) is 3.95. The summed E-state index contributed by atoms with van der Waals surface area (Å²) in [5.41, 5.74) is 4.03. The summed E-state index contributed by atoms with van der Waals surface area (Å²) in [4.78, 5) is 39.4. The highest BCUT2D eigenvalue weighted by molar-refractivity contribution is 6.48. The molecule has 1 fully saturated rings. The maximum atomic E-state index is 12.9. The maximum absolute atomic E-state index is 12.9. The zero-order chi connectivity index (χ0) is 22.8. The largest absolute Gasteiger partial charge is 0.350 e. The maximum Gasteiger partial charge on any atom is 0.279 e. The highest BCUT2D eigenvalue weighted by Gasteiger charge is 2.42. The number of benzene rings is 2. The van der Waals surface area contributed by atoms with Gasteiger partial charge in [0.15, 0.2) is 0 Å². The highest BCUT2D eigenvalue weighted by Crippen LogP contribution is 2.32. The van der Waals surface area contributed by atoms with Gasteiger partial charge in [0.05, 0.1) is 0 Å².